The minimum atomic E-state index is 0. The molecule has 10 radical (unpaired) electrons. The van der Waals surface area contributed by atoms with Crippen LogP contribution in [0.3, 0.4) is 0 Å². The predicted molar refractivity (Wildman–Crippen MR) is 17.9 cm³/mol. The van der Waals surface area contributed by atoms with Gasteiger partial charge in [-0.05, 0) is 0 Å². The summed E-state index contributed by atoms with van der Waals surface area (Å²) in [5, 5.41) is 0. The quantitative estimate of drug-likeness (QED) is 0.471. The van der Waals surface area contributed by atoms with Crippen molar-refractivity contribution in [1.82, 2.24) is 0 Å². The summed E-state index contributed by atoms with van der Waals surface area (Å²) < 4.78 is 8.34. The molecule has 0 heterocycles. The maximum Gasteiger partial charge on any atom is 0 e. The summed E-state index contributed by atoms with van der Waals surface area (Å²) in [6, 6.07) is 0. The Balaban J connectivity index is -0.00000000167. The van der Waals surface area contributed by atoms with Crippen LogP contribution < -0.4 is 0 Å². The standard InChI is InChI=1S/Ge.O.2Sn.Zn. The molecule has 0 saturated carbocycles. The average molecular weight is 391 g/mol. The van der Waals surface area contributed by atoms with Gasteiger partial charge in [0.05, 0.1) is 0 Å². The summed E-state index contributed by atoms with van der Waals surface area (Å²) in [5.74, 6) is 0. The van der Waals surface area contributed by atoms with Gasteiger partial charge in [0.25, 0.3) is 0 Å². The molecule has 0 bridgehead atoms. The Hall–Kier alpha value is 2.56. The van der Waals surface area contributed by atoms with Crippen molar-refractivity contribution in [2.24, 2.45) is 0 Å². The molecular weight excluding hydrogens is 391 g/mol. The molecule has 0 N–H and O–H groups in total. The molecule has 5 heteroatoms. The first kappa shape index (κ1) is 25.7. The fraction of sp³-hybridized carbons (Fsp3) is 0. The number of hydrogen-bond donors (Lipinski definition) is 0. The van der Waals surface area contributed by atoms with E-state index in [-0.39, 0.29) is 61.0 Å². The molecule has 5 heavy (non-hydrogen) atoms. The minimum absolute atomic E-state index is 0. The molecule has 0 aliphatic carbocycles. The molecule has 0 aliphatic rings. The van der Waals surface area contributed by atoms with Gasteiger partial charge in [-0.3, -0.25) is 0 Å². The summed E-state index contributed by atoms with van der Waals surface area (Å²) in [7, 11) is 0. The Morgan fingerprint density at radius 2 is 1.20 bits per heavy atom. The molecule has 0 rings (SSSR count). The normalized spacial score (nSPS) is 0.800. The van der Waals surface area contributed by atoms with E-state index in [1.807, 2.05) is 0 Å². The van der Waals surface area contributed by atoms with E-state index >= 15 is 0 Å². The first-order valence-electron chi connectivity index (χ1n) is 0.204. The Morgan fingerprint density at radius 3 is 1.20 bits per heavy atom. The van der Waals surface area contributed by atoms with Gasteiger partial charge in [0, 0.05) is 61.0 Å². The Labute approximate surface area is 85.2 Å². The maximum atomic E-state index is 8.34. The van der Waals surface area contributed by atoms with E-state index in [9.17, 15) is 0 Å². The average Bonchev–Trinajstić information content (AvgIpc) is 1.00. The van der Waals surface area contributed by atoms with E-state index in [0.717, 1.165) is 0 Å². The number of hydrogen-bond acceptors (Lipinski definition) is 1. The fourth-order valence-corrected chi connectivity index (χ4v) is 0. The molecule has 0 aromatic rings. The topological polar surface area (TPSA) is 17.1 Å². The van der Waals surface area contributed by atoms with Crippen molar-refractivity contribution in [3.8, 4) is 0 Å². The second-order valence-electron chi connectivity index (χ2n) is 0. The van der Waals surface area contributed by atoms with Gasteiger partial charge in [-0.15, -0.1) is 0 Å². The zero-order chi connectivity index (χ0) is 2.00. The van der Waals surface area contributed by atoms with Crippen molar-refractivity contribution < 1.29 is 22.6 Å². The predicted octanol–water partition coefficient (Wildman–Crippen LogP) is -1.26. The zero-order valence-corrected chi connectivity index (χ0v) is 13.4. The van der Waals surface area contributed by atoms with Crippen LogP contribution in [-0.2, 0) is 22.6 Å². The second-order valence-corrected chi connectivity index (χ2v) is 0. The van der Waals surface area contributed by atoms with Crippen LogP contribution in [0.2, 0.25) is 0 Å². The summed E-state index contributed by atoms with van der Waals surface area (Å²) in [6.45, 7) is 0. The van der Waals surface area contributed by atoms with E-state index < -0.39 is 0 Å². The molecule has 20 valence electrons. The van der Waals surface area contributed by atoms with E-state index in [1.54, 1.807) is 0 Å². The third kappa shape index (κ3) is 20.8. The monoisotopic (exact) mass is 394 g/mol. The van der Waals surface area contributed by atoms with Gasteiger partial charge < -0.3 is 0 Å². The molecule has 0 unspecified atom stereocenters. The van der Waals surface area contributed by atoms with Gasteiger partial charge in [0.15, 0.2) is 0 Å². The molecule has 0 amide bonds. The van der Waals surface area contributed by atoms with E-state index in [1.165, 1.54) is 0 Å². The molecular formula is GeOSn2Zn. The molecule has 0 atom stereocenters. The van der Waals surface area contributed by atoms with Crippen LogP contribution >= 0.6 is 0 Å². The van der Waals surface area contributed by atoms with Crippen LogP contribution in [0.25, 0.3) is 0 Å². The van der Waals surface area contributed by atoms with Crippen LogP contribution in [0.5, 0.6) is 0 Å². The SMILES string of the molecule is [Ge].[O]=[Sn].[Sn].[Zn]. The smallest absolute Gasteiger partial charge is 0 e. The van der Waals surface area contributed by atoms with Gasteiger partial charge in [-0.25, -0.2) is 0 Å². The molecule has 0 aromatic carbocycles. The van der Waals surface area contributed by atoms with Crippen molar-refractivity contribution in [2.75, 3.05) is 0 Å². The first-order chi connectivity index (χ1) is 1.00. The van der Waals surface area contributed by atoms with Crippen molar-refractivity contribution in [2.45, 2.75) is 0 Å². The van der Waals surface area contributed by atoms with Crippen LogP contribution in [-0.4, -0.2) is 64.0 Å². The van der Waals surface area contributed by atoms with Crippen LogP contribution in [0.15, 0.2) is 0 Å². The van der Waals surface area contributed by atoms with Gasteiger partial charge >= 0.3 is 25.6 Å². The third-order valence-electron chi connectivity index (χ3n) is 0. The van der Waals surface area contributed by atoms with Crippen molar-refractivity contribution in [1.29, 1.82) is 0 Å². The Morgan fingerprint density at radius 1 is 1.20 bits per heavy atom. The Bertz CT molecular complexity index is 9.61. The van der Waals surface area contributed by atoms with Crippen LogP contribution in [0, 0.1) is 0 Å². The molecule has 1 nitrogen and oxygen atoms in total. The Kier molecular flexibility index (Phi) is 159. The third-order valence-corrected chi connectivity index (χ3v) is 0. The summed E-state index contributed by atoms with van der Waals surface area (Å²) in [6.07, 6.45) is 0. The number of rotatable bonds is 0. The second kappa shape index (κ2) is 30.9. The van der Waals surface area contributed by atoms with E-state index in [2.05, 4.69) is 0 Å². The maximum absolute atomic E-state index is 8.34. The largest absolute Gasteiger partial charge is 0 e. The van der Waals surface area contributed by atoms with Gasteiger partial charge in [0.2, 0.25) is 0 Å². The molecule has 0 aliphatic heterocycles. The minimum Gasteiger partial charge on any atom is 0 e. The van der Waals surface area contributed by atoms with Gasteiger partial charge in [0.1, 0.15) is 0 Å². The molecule has 0 fully saturated rings. The van der Waals surface area contributed by atoms with Gasteiger partial charge in [-0.1, -0.05) is 0 Å². The van der Waals surface area contributed by atoms with E-state index in [4.69, 9.17) is 3.08 Å². The van der Waals surface area contributed by atoms with Crippen LogP contribution in [0.1, 0.15) is 0 Å². The summed E-state index contributed by atoms with van der Waals surface area (Å²) in [5.41, 5.74) is 0. The van der Waals surface area contributed by atoms with Crippen LogP contribution in [0.4, 0.5) is 0 Å². The van der Waals surface area contributed by atoms with Crippen molar-refractivity contribution >= 4 is 64.0 Å². The molecule has 0 spiro atoms. The first-order valence-corrected chi connectivity index (χ1v) is 1.37. The van der Waals surface area contributed by atoms with Crippen molar-refractivity contribution in [3.63, 3.8) is 0 Å². The van der Waals surface area contributed by atoms with E-state index in [0.29, 0.717) is 22.5 Å². The van der Waals surface area contributed by atoms with Crippen molar-refractivity contribution in [3.05, 3.63) is 0 Å². The fourth-order valence-electron chi connectivity index (χ4n) is 0. The summed E-state index contributed by atoms with van der Waals surface area (Å²) in [4.78, 5) is 0. The molecule has 0 aromatic heterocycles. The molecule has 0 saturated heterocycles. The summed E-state index contributed by atoms with van der Waals surface area (Å²) >= 11 is 0.300. The zero-order valence-electron chi connectivity index (χ0n) is 2.62. The van der Waals surface area contributed by atoms with Gasteiger partial charge in [-0.2, -0.15) is 0 Å².